The van der Waals surface area contributed by atoms with E-state index >= 15 is 0 Å². The van der Waals surface area contributed by atoms with Crippen molar-refractivity contribution >= 4 is 22.7 Å². The number of thiophene rings is 1. The lowest BCUT2D eigenvalue weighted by atomic mass is 10.3. The van der Waals surface area contributed by atoms with E-state index < -0.39 is 0 Å². The van der Waals surface area contributed by atoms with Gasteiger partial charge in [0, 0.05) is 28.9 Å². The van der Waals surface area contributed by atoms with E-state index in [-0.39, 0.29) is 0 Å². The predicted molar refractivity (Wildman–Crippen MR) is 86.5 cm³/mol. The van der Waals surface area contributed by atoms with Gasteiger partial charge in [0.05, 0.1) is 24.1 Å². The zero-order chi connectivity index (χ0) is 14.7. The zero-order valence-corrected chi connectivity index (χ0v) is 13.6. The normalized spacial score (nSPS) is 11.4. The monoisotopic (exact) mass is 319 g/mol. The van der Waals surface area contributed by atoms with Gasteiger partial charge in [0.15, 0.2) is 0 Å². The van der Waals surface area contributed by atoms with Crippen LogP contribution in [0.3, 0.4) is 0 Å². The molecule has 0 bridgehead atoms. The molecule has 3 heterocycles. The molecule has 21 heavy (non-hydrogen) atoms. The van der Waals surface area contributed by atoms with E-state index in [2.05, 4.69) is 56.7 Å². The second-order valence-electron chi connectivity index (χ2n) is 5.10. The number of hydrogen-bond acceptors (Lipinski definition) is 6. The van der Waals surface area contributed by atoms with Crippen LogP contribution in [0.1, 0.15) is 25.2 Å². The number of hydrogen-bond donors (Lipinski definition) is 1. The predicted octanol–water partition coefficient (Wildman–Crippen LogP) is 3.01. The average Bonchev–Trinajstić information content (AvgIpc) is 3.18. The fourth-order valence-electron chi connectivity index (χ4n) is 1.87. The van der Waals surface area contributed by atoms with Gasteiger partial charge in [0.2, 0.25) is 0 Å². The van der Waals surface area contributed by atoms with Crippen molar-refractivity contribution < 1.29 is 0 Å². The third kappa shape index (κ3) is 3.75. The fourth-order valence-corrected chi connectivity index (χ4v) is 3.39. The highest BCUT2D eigenvalue weighted by molar-refractivity contribution is 7.14. The molecule has 7 heteroatoms. The van der Waals surface area contributed by atoms with E-state index in [1.54, 1.807) is 22.7 Å². The molecule has 0 spiro atoms. The summed E-state index contributed by atoms with van der Waals surface area (Å²) in [4.78, 5) is 4.65. The summed E-state index contributed by atoms with van der Waals surface area (Å²) in [6.07, 6.45) is 1.97. The summed E-state index contributed by atoms with van der Waals surface area (Å²) in [5, 5.41) is 19.0. The van der Waals surface area contributed by atoms with Crippen molar-refractivity contribution in [2.24, 2.45) is 0 Å². The van der Waals surface area contributed by atoms with Gasteiger partial charge in [-0.15, -0.1) is 16.4 Å². The molecule has 0 radical (unpaired) electrons. The lowest BCUT2D eigenvalue weighted by Gasteiger charge is -2.04. The Bertz CT molecular complexity index is 684. The van der Waals surface area contributed by atoms with Gasteiger partial charge in [-0.2, -0.15) is 11.3 Å². The molecule has 0 unspecified atom stereocenters. The minimum Gasteiger partial charge on any atom is -0.309 e. The molecule has 0 aliphatic heterocycles. The first-order valence-electron chi connectivity index (χ1n) is 6.80. The molecule has 3 rings (SSSR count). The van der Waals surface area contributed by atoms with Crippen LogP contribution < -0.4 is 5.32 Å². The van der Waals surface area contributed by atoms with E-state index in [1.165, 1.54) is 5.56 Å². The molecule has 3 aromatic heterocycles. The Morgan fingerprint density at radius 3 is 2.95 bits per heavy atom. The van der Waals surface area contributed by atoms with Gasteiger partial charge in [0.1, 0.15) is 5.01 Å². The van der Waals surface area contributed by atoms with Gasteiger partial charge in [-0.25, -0.2) is 9.67 Å². The molecule has 0 amide bonds. The van der Waals surface area contributed by atoms with Crippen LogP contribution >= 0.6 is 22.7 Å². The van der Waals surface area contributed by atoms with E-state index in [1.807, 2.05) is 10.9 Å². The summed E-state index contributed by atoms with van der Waals surface area (Å²) in [6.45, 7) is 5.64. The molecule has 0 aliphatic rings. The Labute approximate surface area is 131 Å². The summed E-state index contributed by atoms with van der Waals surface area (Å²) >= 11 is 3.36. The summed E-state index contributed by atoms with van der Waals surface area (Å²) in [7, 11) is 0. The molecule has 3 aromatic rings. The van der Waals surface area contributed by atoms with Gasteiger partial charge >= 0.3 is 0 Å². The third-order valence-corrected chi connectivity index (χ3v) is 4.54. The quantitative estimate of drug-likeness (QED) is 0.759. The maximum atomic E-state index is 4.65. The Morgan fingerprint density at radius 1 is 1.29 bits per heavy atom. The van der Waals surface area contributed by atoms with Crippen LogP contribution in [0.2, 0.25) is 0 Å². The van der Waals surface area contributed by atoms with E-state index in [0.29, 0.717) is 12.6 Å². The Hall–Kier alpha value is -1.57. The number of thiazole rings is 1. The molecular weight excluding hydrogens is 302 g/mol. The summed E-state index contributed by atoms with van der Waals surface area (Å²) in [5.41, 5.74) is 3.17. The minimum absolute atomic E-state index is 0.446. The van der Waals surface area contributed by atoms with Crippen molar-refractivity contribution in [2.45, 2.75) is 33.0 Å². The standard InChI is InChI=1S/C14H17N5S2/c1-10(2)15-5-12-6-19(18-17-12)7-13-9-21-14(16-13)11-3-4-20-8-11/h3-4,6,8-10,15H,5,7H2,1-2H3. The molecule has 0 saturated heterocycles. The Morgan fingerprint density at radius 2 is 2.19 bits per heavy atom. The molecule has 0 atom stereocenters. The second-order valence-corrected chi connectivity index (χ2v) is 6.74. The molecule has 0 aliphatic carbocycles. The summed E-state index contributed by atoms with van der Waals surface area (Å²) < 4.78 is 1.84. The minimum atomic E-state index is 0.446. The van der Waals surface area contributed by atoms with Crippen molar-refractivity contribution in [3.8, 4) is 10.6 Å². The van der Waals surface area contributed by atoms with Gasteiger partial charge in [-0.05, 0) is 11.4 Å². The van der Waals surface area contributed by atoms with Crippen molar-refractivity contribution in [1.29, 1.82) is 0 Å². The van der Waals surface area contributed by atoms with Crippen LogP contribution in [-0.2, 0) is 13.1 Å². The van der Waals surface area contributed by atoms with Crippen LogP contribution in [0.4, 0.5) is 0 Å². The highest BCUT2D eigenvalue weighted by atomic mass is 32.1. The molecular formula is C14H17N5S2. The first-order chi connectivity index (χ1) is 10.2. The summed E-state index contributed by atoms with van der Waals surface area (Å²) in [5.74, 6) is 0. The average molecular weight is 319 g/mol. The molecule has 1 N–H and O–H groups in total. The number of nitrogens with one attached hydrogen (secondary N) is 1. The molecule has 110 valence electrons. The lowest BCUT2D eigenvalue weighted by molar-refractivity contribution is 0.580. The van der Waals surface area contributed by atoms with Crippen LogP contribution in [0, 0.1) is 0 Å². The van der Waals surface area contributed by atoms with Gasteiger partial charge in [-0.3, -0.25) is 0 Å². The van der Waals surface area contributed by atoms with E-state index in [9.17, 15) is 0 Å². The highest BCUT2D eigenvalue weighted by Crippen LogP contribution is 2.25. The molecule has 0 saturated carbocycles. The summed E-state index contributed by atoms with van der Waals surface area (Å²) in [6, 6.07) is 2.54. The van der Waals surface area contributed by atoms with Crippen molar-refractivity contribution in [1.82, 2.24) is 25.3 Å². The van der Waals surface area contributed by atoms with Gasteiger partial charge in [-0.1, -0.05) is 19.1 Å². The van der Waals surface area contributed by atoms with E-state index in [0.717, 1.165) is 22.9 Å². The molecule has 5 nitrogen and oxygen atoms in total. The molecule has 0 fully saturated rings. The number of aromatic nitrogens is 4. The van der Waals surface area contributed by atoms with Gasteiger partial charge < -0.3 is 5.32 Å². The van der Waals surface area contributed by atoms with Crippen molar-refractivity contribution in [2.75, 3.05) is 0 Å². The van der Waals surface area contributed by atoms with Crippen LogP contribution in [0.5, 0.6) is 0 Å². The van der Waals surface area contributed by atoms with E-state index in [4.69, 9.17) is 0 Å². The maximum Gasteiger partial charge on any atom is 0.124 e. The third-order valence-electron chi connectivity index (χ3n) is 2.92. The number of rotatable bonds is 6. The van der Waals surface area contributed by atoms with Crippen LogP contribution in [-0.4, -0.2) is 26.0 Å². The second kappa shape index (κ2) is 6.46. The lowest BCUT2D eigenvalue weighted by Crippen LogP contribution is -2.21. The highest BCUT2D eigenvalue weighted by Gasteiger charge is 2.07. The fraction of sp³-hybridized carbons (Fsp3) is 0.357. The first kappa shape index (κ1) is 14.4. The smallest absolute Gasteiger partial charge is 0.124 e. The van der Waals surface area contributed by atoms with Crippen molar-refractivity contribution in [3.63, 3.8) is 0 Å². The number of nitrogens with zero attached hydrogens (tertiary/aromatic N) is 4. The SMILES string of the molecule is CC(C)NCc1cn(Cc2csc(-c3ccsc3)n2)nn1. The van der Waals surface area contributed by atoms with Gasteiger partial charge in [0.25, 0.3) is 0 Å². The maximum absolute atomic E-state index is 4.65. The molecule has 0 aromatic carbocycles. The van der Waals surface area contributed by atoms with Crippen LogP contribution in [0.25, 0.3) is 10.6 Å². The Balaban J connectivity index is 1.64. The largest absolute Gasteiger partial charge is 0.309 e. The Kier molecular flexibility index (Phi) is 4.42. The zero-order valence-electron chi connectivity index (χ0n) is 12.0. The van der Waals surface area contributed by atoms with Crippen LogP contribution in [0.15, 0.2) is 28.4 Å². The van der Waals surface area contributed by atoms with Crippen molar-refractivity contribution in [3.05, 3.63) is 39.8 Å². The first-order valence-corrected chi connectivity index (χ1v) is 8.62. The topological polar surface area (TPSA) is 55.6 Å².